The van der Waals surface area contributed by atoms with Gasteiger partial charge < -0.3 is 15.4 Å². The second-order valence-electron chi connectivity index (χ2n) is 4.71. The molecule has 98 valence electrons. The fraction of sp³-hybridized carbons (Fsp3) is 0.538. The van der Waals surface area contributed by atoms with E-state index in [0.29, 0.717) is 10.9 Å². The molecule has 1 aliphatic heterocycles. The van der Waals surface area contributed by atoms with Gasteiger partial charge in [-0.3, -0.25) is 0 Å². The van der Waals surface area contributed by atoms with E-state index in [0.717, 1.165) is 44.0 Å². The van der Waals surface area contributed by atoms with Crippen molar-refractivity contribution in [3.05, 3.63) is 23.9 Å². The van der Waals surface area contributed by atoms with Crippen LogP contribution >= 0.6 is 12.2 Å². The Labute approximate surface area is 113 Å². The predicted octanol–water partition coefficient (Wildman–Crippen LogP) is 1.58. The molecule has 0 amide bonds. The summed E-state index contributed by atoms with van der Waals surface area (Å²) in [6.45, 7) is 2.78. The summed E-state index contributed by atoms with van der Waals surface area (Å²) in [6.07, 6.45) is 4.00. The molecule has 5 heteroatoms. The maximum absolute atomic E-state index is 5.55. The topological polar surface area (TPSA) is 51.4 Å². The molecular weight excluding hydrogens is 246 g/mol. The van der Waals surface area contributed by atoms with Crippen molar-refractivity contribution in [3.8, 4) is 0 Å². The number of nitrogens with two attached hydrogens (primary N) is 1. The molecule has 1 fully saturated rings. The van der Waals surface area contributed by atoms with Crippen LogP contribution in [0.4, 0.5) is 5.82 Å². The molecule has 1 aliphatic rings. The van der Waals surface area contributed by atoms with E-state index in [-0.39, 0.29) is 0 Å². The number of anilines is 1. The van der Waals surface area contributed by atoms with Crippen LogP contribution in [-0.4, -0.2) is 36.8 Å². The molecule has 0 saturated carbocycles. The van der Waals surface area contributed by atoms with Crippen molar-refractivity contribution in [2.45, 2.75) is 12.8 Å². The van der Waals surface area contributed by atoms with Crippen LogP contribution in [0.5, 0.6) is 0 Å². The highest BCUT2D eigenvalue weighted by atomic mass is 32.1. The second kappa shape index (κ2) is 6.11. The number of rotatable bonds is 4. The highest BCUT2D eigenvalue weighted by molar-refractivity contribution is 7.80. The molecule has 0 spiro atoms. The maximum atomic E-state index is 5.55. The molecule has 2 rings (SSSR count). The Bertz CT molecular complexity index is 401. The van der Waals surface area contributed by atoms with E-state index in [1.54, 1.807) is 6.20 Å². The summed E-state index contributed by atoms with van der Waals surface area (Å²) < 4.78 is 5.37. The van der Waals surface area contributed by atoms with Crippen molar-refractivity contribution in [2.75, 3.05) is 31.7 Å². The molecule has 2 N–H and O–H groups in total. The number of hydrogen-bond donors (Lipinski definition) is 1. The van der Waals surface area contributed by atoms with Crippen LogP contribution in [0.2, 0.25) is 0 Å². The summed E-state index contributed by atoms with van der Waals surface area (Å²) in [6, 6.07) is 3.89. The minimum atomic E-state index is 0.390. The predicted molar refractivity (Wildman–Crippen MR) is 76.9 cm³/mol. The first-order valence-electron chi connectivity index (χ1n) is 6.21. The van der Waals surface area contributed by atoms with Gasteiger partial charge in [-0.25, -0.2) is 4.98 Å². The summed E-state index contributed by atoms with van der Waals surface area (Å²) in [7, 11) is 2.07. The SMILES string of the molecule is CN(CC1CCOCC1)c1ccc(C(N)=S)cn1. The molecular formula is C13H19N3OS. The van der Waals surface area contributed by atoms with Crippen molar-refractivity contribution in [1.29, 1.82) is 0 Å². The van der Waals surface area contributed by atoms with E-state index < -0.39 is 0 Å². The molecule has 1 aromatic rings. The monoisotopic (exact) mass is 265 g/mol. The van der Waals surface area contributed by atoms with Crippen LogP contribution in [0.1, 0.15) is 18.4 Å². The quantitative estimate of drug-likeness (QED) is 0.838. The second-order valence-corrected chi connectivity index (χ2v) is 5.15. The third-order valence-electron chi connectivity index (χ3n) is 3.30. The highest BCUT2D eigenvalue weighted by Gasteiger charge is 2.16. The van der Waals surface area contributed by atoms with Gasteiger partial charge in [-0.15, -0.1) is 0 Å². The van der Waals surface area contributed by atoms with Gasteiger partial charge in [-0.2, -0.15) is 0 Å². The maximum Gasteiger partial charge on any atom is 0.128 e. The van der Waals surface area contributed by atoms with Crippen LogP contribution < -0.4 is 10.6 Å². The highest BCUT2D eigenvalue weighted by Crippen LogP contribution is 2.18. The third kappa shape index (κ3) is 3.40. The Hall–Kier alpha value is -1.20. The lowest BCUT2D eigenvalue weighted by Crippen LogP contribution is -2.30. The largest absolute Gasteiger partial charge is 0.389 e. The minimum absolute atomic E-state index is 0.390. The Morgan fingerprint density at radius 2 is 2.22 bits per heavy atom. The van der Waals surface area contributed by atoms with Gasteiger partial charge in [0.05, 0.1) is 0 Å². The van der Waals surface area contributed by atoms with Gasteiger partial charge >= 0.3 is 0 Å². The smallest absolute Gasteiger partial charge is 0.128 e. The van der Waals surface area contributed by atoms with E-state index in [1.165, 1.54) is 0 Å². The van der Waals surface area contributed by atoms with Crippen molar-refractivity contribution in [2.24, 2.45) is 11.7 Å². The Morgan fingerprint density at radius 1 is 1.50 bits per heavy atom. The zero-order valence-electron chi connectivity index (χ0n) is 10.6. The average molecular weight is 265 g/mol. The number of thiocarbonyl (C=S) groups is 1. The van der Waals surface area contributed by atoms with Crippen molar-refractivity contribution in [1.82, 2.24) is 4.98 Å². The lowest BCUT2D eigenvalue weighted by atomic mass is 10.00. The standard InChI is InChI=1S/C13H19N3OS/c1-16(9-10-4-6-17-7-5-10)12-3-2-11(8-15-12)13(14)18/h2-3,8,10H,4-7,9H2,1H3,(H2,14,18). The van der Waals surface area contributed by atoms with E-state index in [2.05, 4.69) is 16.9 Å². The summed E-state index contributed by atoms with van der Waals surface area (Å²) in [5.41, 5.74) is 6.37. The van der Waals surface area contributed by atoms with Crippen LogP contribution in [-0.2, 0) is 4.74 Å². The summed E-state index contributed by atoms with van der Waals surface area (Å²) in [5.74, 6) is 1.65. The molecule has 0 aliphatic carbocycles. The van der Waals surface area contributed by atoms with E-state index in [9.17, 15) is 0 Å². The van der Waals surface area contributed by atoms with Gasteiger partial charge in [0.2, 0.25) is 0 Å². The first-order valence-corrected chi connectivity index (χ1v) is 6.62. The molecule has 0 atom stereocenters. The van der Waals surface area contributed by atoms with Gasteiger partial charge in [-0.05, 0) is 30.9 Å². The van der Waals surface area contributed by atoms with Gasteiger partial charge in [0.25, 0.3) is 0 Å². The van der Waals surface area contributed by atoms with Gasteiger partial charge in [0, 0.05) is 38.6 Å². The molecule has 0 radical (unpaired) electrons. The van der Waals surface area contributed by atoms with Crippen LogP contribution in [0.25, 0.3) is 0 Å². The molecule has 2 heterocycles. The lowest BCUT2D eigenvalue weighted by Gasteiger charge is -2.27. The third-order valence-corrected chi connectivity index (χ3v) is 3.53. The number of aromatic nitrogens is 1. The first-order chi connectivity index (χ1) is 8.66. The lowest BCUT2D eigenvalue weighted by molar-refractivity contribution is 0.0685. The molecule has 18 heavy (non-hydrogen) atoms. The molecule has 4 nitrogen and oxygen atoms in total. The summed E-state index contributed by atoms with van der Waals surface area (Å²) >= 11 is 4.91. The van der Waals surface area contributed by atoms with E-state index in [4.69, 9.17) is 22.7 Å². The van der Waals surface area contributed by atoms with Gasteiger partial charge in [-0.1, -0.05) is 12.2 Å². The summed E-state index contributed by atoms with van der Waals surface area (Å²) in [5, 5.41) is 0. The Morgan fingerprint density at radius 3 is 2.78 bits per heavy atom. The molecule has 0 unspecified atom stereocenters. The fourth-order valence-corrected chi connectivity index (χ4v) is 2.29. The fourth-order valence-electron chi connectivity index (χ4n) is 2.17. The van der Waals surface area contributed by atoms with Crippen LogP contribution in [0.3, 0.4) is 0 Å². The Kier molecular flexibility index (Phi) is 4.49. The number of pyridine rings is 1. The average Bonchev–Trinajstić information content (AvgIpc) is 2.40. The van der Waals surface area contributed by atoms with Crippen molar-refractivity contribution >= 4 is 23.0 Å². The minimum Gasteiger partial charge on any atom is -0.389 e. The molecule has 0 bridgehead atoms. The van der Waals surface area contributed by atoms with Gasteiger partial charge in [0.1, 0.15) is 10.8 Å². The summed E-state index contributed by atoms with van der Waals surface area (Å²) in [4.78, 5) is 6.96. The molecule has 0 aromatic carbocycles. The normalized spacial score (nSPS) is 16.5. The van der Waals surface area contributed by atoms with Crippen LogP contribution in [0.15, 0.2) is 18.3 Å². The zero-order valence-corrected chi connectivity index (χ0v) is 11.4. The Balaban J connectivity index is 1.95. The molecule has 1 aromatic heterocycles. The van der Waals surface area contributed by atoms with E-state index >= 15 is 0 Å². The van der Waals surface area contributed by atoms with Gasteiger partial charge in [0.15, 0.2) is 0 Å². The first kappa shape index (κ1) is 13.2. The number of nitrogens with zero attached hydrogens (tertiary/aromatic N) is 2. The zero-order chi connectivity index (χ0) is 13.0. The van der Waals surface area contributed by atoms with Crippen LogP contribution in [0, 0.1) is 5.92 Å². The van der Waals surface area contributed by atoms with Crippen molar-refractivity contribution < 1.29 is 4.74 Å². The van der Waals surface area contributed by atoms with Crippen molar-refractivity contribution in [3.63, 3.8) is 0 Å². The number of hydrogen-bond acceptors (Lipinski definition) is 4. The van der Waals surface area contributed by atoms with E-state index in [1.807, 2.05) is 12.1 Å². The molecule has 1 saturated heterocycles. The number of ether oxygens (including phenoxy) is 1.